The summed E-state index contributed by atoms with van der Waals surface area (Å²) in [6.07, 6.45) is 2.06. The minimum atomic E-state index is 0.356. The minimum Gasteiger partial charge on any atom is -0.383 e. The number of ether oxygens (including phenoxy) is 1. The van der Waals surface area contributed by atoms with Crippen molar-refractivity contribution in [2.75, 3.05) is 19.6 Å². The fourth-order valence-electron chi connectivity index (χ4n) is 1.53. The number of nitrogens with one attached hydrogen (secondary N) is 1. The van der Waals surface area contributed by atoms with Gasteiger partial charge in [0.1, 0.15) is 0 Å². The van der Waals surface area contributed by atoms with Crippen LogP contribution in [0.2, 0.25) is 0 Å². The quantitative estimate of drug-likeness (QED) is 0.727. The van der Waals surface area contributed by atoms with Crippen LogP contribution in [-0.2, 0) is 17.7 Å². The van der Waals surface area contributed by atoms with E-state index in [0.29, 0.717) is 11.9 Å². The number of methoxy groups -OCH3 is 1. The SMILES string of the molecule is CCc1ccc(CNC(CCCl)COC)s1. The van der Waals surface area contributed by atoms with Gasteiger partial charge in [-0.3, -0.25) is 0 Å². The molecule has 0 radical (unpaired) electrons. The Bertz CT molecular complexity index is 284. The lowest BCUT2D eigenvalue weighted by molar-refractivity contribution is 0.164. The molecule has 16 heavy (non-hydrogen) atoms. The van der Waals surface area contributed by atoms with Crippen LogP contribution in [0.5, 0.6) is 0 Å². The van der Waals surface area contributed by atoms with Crippen molar-refractivity contribution in [3.05, 3.63) is 21.9 Å². The summed E-state index contributed by atoms with van der Waals surface area (Å²) in [7, 11) is 1.73. The number of hydrogen-bond donors (Lipinski definition) is 1. The Kier molecular flexibility index (Phi) is 7.05. The molecule has 1 rings (SSSR count). The zero-order chi connectivity index (χ0) is 11.8. The molecule has 1 N–H and O–H groups in total. The molecule has 92 valence electrons. The molecular weight excluding hydrogens is 242 g/mol. The molecule has 0 aromatic carbocycles. The summed E-state index contributed by atoms with van der Waals surface area (Å²) in [6, 6.07) is 4.75. The molecule has 1 aromatic rings. The minimum absolute atomic E-state index is 0.356. The van der Waals surface area contributed by atoms with E-state index in [1.807, 2.05) is 11.3 Å². The molecule has 1 aromatic heterocycles. The maximum absolute atomic E-state index is 5.75. The molecule has 4 heteroatoms. The smallest absolute Gasteiger partial charge is 0.0616 e. The summed E-state index contributed by atoms with van der Waals surface area (Å²) in [4.78, 5) is 2.82. The fourth-order valence-corrected chi connectivity index (χ4v) is 2.70. The number of alkyl halides is 1. The molecule has 0 spiro atoms. The molecule has 0 saturated heterocycles. The van der Waals surface area contributed by atoms with Crippen molar-refractivity contribution in [3.8, 4) is 0 Å². The highest BCUT2D eigenvalue weighted by atomic mass is 35.5. The predicted octanol–water partition coefficient (Wildman–Crippen LogP) is 3.04. The van der Waals surface area contributed by atoms with E-state index < -0.39 is 0 Å². The average molecular weight is 262 g/mol. The van der Waals surface area contributed by atoms with Gasteiger partial charge in [-0.1, -0.05) is 6.92 Å². The third-order valence-corrected chi connectivity index (χ3v) is 3.90. The van der Waals surface area contributed by atoms with Crippen molar-refractivity contribution in [1.82, 2.24) is 5.32 Å². The molecule has 1 unspecified atom stereocenters. The fraction of sp³-hybridized carbons (Fsp3) is 0.667. The van der Waals surface area contributed by atoms with Crippen LogP contribution in [0.4, 0.5) is 0 Å². The second-order valence-electron chi connectivity index (χ2n) is 3.73. The van der Waals surface area contributed by atoms with Gasteiger partial charge in [-0.2, -0.15) is 0 Å². The first kappa shape index (κ1) is 14.0. The van der Waals surface area contributed by atoms with Crippen molar-refractivity contribution < 1.29 is 4.74 Å². The van der Waals surface area contributed by atoms with Gasteiger partial charge in [-0.15, -0.1) is 22.9 Å². The summed E-state index contributed by atoms with van der Waals surface area (Å²) in [5.74, 6) is 0.672. The third-order valence-electron chi connectivity index (χ3n) is 2.46. The van der Waals surface area contributed by atoms with Crippen LogP contribution >= 0.6 is 22.9 Å². The van der Waals surface area contributed by atoms with Crippen molar-refractivity contribution in [3.63, 3.8) is 0 Å². The third kappa shape index (κ3) is 4.83. The lowest BCUT2D eigenvalue weighted by atomic mass is 10.2. The van der Waals surface area contributed by atoms with E-state index in [1.165, 1.54) is 9.75 Å². The summed E-state index contributed by atoms with van der Waals surface area (Å²) in [5, 5.41) is 3.48. The lowest BCUT2D eigenvalue weighted by Gasteiger charge is -2.15. The van der Waals surface area contributed by atoms with E-state index in [1.54, 1.807) is 7.11 Å². The molecule has 0 aliphatic heterocycles. The van der Waals surface area contributed by atoms with Crippen LogP contribution in [-0.4, -0.2) is 25.6 Å². The molecule has 1 heterocycles. The largest absolute Gasteiger partial charge is 0.383 e. The lowest BCUT2D eigenvalue weighted by Crippen LogP contribution is -2.32. The van der Waals surface area contributed by atoms with Gasteiger partial charge in [0.15, 0.2) is 0 Å². The Morgan fingerprint density at radius 3 is 2.75 bits per heavy atom. The van der Waals surface area contributed by atoms with Gasteiger partial charge in [0.25, 0.3) is 0 Å². The molecule has 0 aliphatic rings. The highest BCUT2D eigenvalue weighted by molar-refractivity contribution is 7.11. The Balaban J connectivity index is 2.35. The average Bonchev–Trinajstić information content (AvgIpc) is 2.74. The van der Waals surface area contributed by atoms with Crippen LogP contribution in [0.1, 0.15) is 23.1 Å². The standard InChI is InChI=1S/C12H20ClNOS/c1-3-11-4-5-12(16-11)8-14-10(6-7-13)9-15-2/h4-5,10,14H,3,6-9H2,1-2H3. The van der Waals surface area contributed by atoms with Crippen LogP contribution in [0.3, 0.4) is 0 Å². The van der Waals surface area contributed by atoms with E-state index in [0.717, 1.165) is 26.0 Å². The highest BCUT2D eigenvalue weighted by Crippen LogP contribution is 2.16. The number of aryl methyl sites for hydroxylation is 1. The van der Waals surface area contributed by atoms with E-state index in [2.05, 4.69) is 24.4 Å². The number of hydrogen-bond acceptors (Lipinski definition) is 3. The van der Waals surface area contributed by atoms with Crippen molar-refractivity contribution in [2.24, 2.45) is 0 Å². The zero-order valence-corrected chi connectivity index (χ0v) is 11.5. The zero-order valence-electron chi connectivity index (χ0n) is 9.96. The van der Waals surface area contributed by atoms with Gasteiger partial charge in [0.05, 0.1) is 6.61 Å². The second-order valence-corrected chi connectivity index (χ2v) is 5.36. The normalized spacial score (nSPS) is 12.9. The highest BCUT2D eigenvalue weighted by Gasteiger charge is 2.07. The maximum Gasteiger partial charge on any atom is 0.0616 e. The predicted molar refractivity (Wildman–Crippen MR) is 71.5 cm³/mol. The van der Waals surface area contributed by atoms with E-state index >= 15 is 0 Å². The van der Waals surface area contributed by atoms with E-state index in [9.17, 15) is 0 Å². The molecule has 0 bridgehead atoms. The number of thiophene rings is 1. The van der Waals surface area contributed by atoms with Crippen LogP contribution < -0.4 is 5.32 Å². The first-order chi connectivity index (χ1) is 7.80. The number of halogens is 1. The monoisotopic (exact) mass is 261 g/mol. The summed E-state index contributed by atoms with van der Waals surface area (Å²) >= 11 is 7.62. The number of rotatable bonds is 8. The molecule has 0 amide bonds. The molecular formula is C12H20ClNOS. The van der Waals surface area contributed by atoms with E-state index in [4.69, 9.17) is 16.3 Å². The van der Waals surface area contributed by atoms with Gasteiger partial charge in [-0.05, 0) is 25.0 Å². The van der Waals surface area contributed by atoms with Gasteiger partial charge in [0, 0.05) is 35.3 Å². The van der Waals surface area contributed by atoms with Crippen LogP contribution in [0, 0.1) is 0 Å². The second kappa shape index (κ2) is 8.07. The van der Waals surface area contributed by atoms with Gasteiger partial charge >= 0.3 is 0 Å². The molecule has 0 aliphatic carbocycles. The van der Waals surface area contributed by atoms with Crippen molar-refractivity contribution in [2.45, 2.75) is 32.4 Å². The first-order valence-corrected chi connectivity index (χ1v) is 7.01. The van der Waals surface area contributed by atoms with Crippen molar-refractivity contribution in [1.29, 1.82) is 0 Å². The van der Waals surface area contributed by atoms with E-state index in [-0.39, 0.29) is 0 Å². The Morgan fingerprint density at radius 2 is 2.19 bits per heavy atom. The summed E-state index contributed by atoms with van der Waals surface area (Å²) in [6.45, 7) is 3.82. The molecule has 2 nitrogen and oxygen atoms in total. The van der Waals surface area contributed by atoms with Crippen molar-refractivity contribution >= 4 is 22.9 Å². The Hall–Kier alpha value is -0.0900. The Labute approximate surface area is 107 Å². The molecule has 0 fully saturated rings. The van der Waals surface area contributed by atoms with Gasteiger partial charge in [0.2, 0.25) is 0 Å². The Morgan fingerprint density at radius 1 is 1.44 bits per heavy atom. The molecule has 1 atom stereocenters. The first-order valence-electron chi connectivity index (χ1n) is 5.66. The molecule has 0 saturated carbocycles. The van der Waals surface area contributed by atoms with Crippen LogP contribution in [0.25, 0.3) is 0 Å². The topological polar surface area (TPSA) is 21.3 Å². The van der Waals surface area contributed by atoms with Crippen LogP contribution in [0.15, 0.2) is 12.1 Å². The maximum atomic E-state index is 5.75. The van der Waals surface area contributed by atoms with Gasteiger partial charge < -0.3 is 10.1 Å². The van der Waals surface area contributed by atoms with Gasteiger partial charge in [-0.25, -0.2) is 0 Å². The summed E-state index contributed by atoms with van der Waals surface area (Å²) < 4.78 is 5.15. The summed E-state index contributed by atoms with van der Waals surface area (Å²) in [5.41, 5.74) is 0.